The van der Waals surface area contributed by atoms with Crippen molar-refractivity contribution < 1.29 is 17.6 Å². The fourth-order valence-electron chi connectivity index (χ4n) is 3.97. The van der Waals surface area contributed by atoms with Crippen LogP contribution >= 0.6 is 11.3 Å². The molecule has 1 saturated heterocycles. The van der Waals surface area contributed by atoms with Crippen LogP contribution in [-0.2, 0) is 14.6 Å². The standard InChI is InChI=1S/C21H22FN3O3S2/c22-14-5-8-17-18(13-14)29-21(23-17)25-11-9-24(10-12-25)20(26)16-3-1-2-4-19(16)30(27,28)15-6-7-15/h3-5,8,13,15H,1-2,6-7,9-12H2. The van der Waals surface area contributed by atoms with Crippen LogP contribution in [0.3, 0.4) is 0 Å². The largest absolute Gasteiger partial charge is 0.345 e. The summed E-state index contributed by atoms with van der Waals surface area (Å²) in [5.74, 6) is -0.477. The monoisotopic (exact) mass is 447 g/mol. The molecule has 0 radical (unpaired) electrons. The van der Waals surface area contributed by atoms with E-state index in [-0.39, 0.29) is 21.9 Å². The number of amides is 1. The van der Waals surface area contributed by atoms with E-state index in [9.17, 15) is 17.6 Å². The molecule has 3 aliphatic rings. The Bertz CT molecular complexity index is 1170. The van der Waals surface area contributed by atoms with Crippen molar-refractivity contribution in [3.63, 3.8) is 0 Å². The van der Waals surface area contributed by atoms with Gasteiger partial charge >= 0.3 is 0 Å². The number of anilines is 1. The van der Waals surface area contributed by atoms with Crippen molar-refractivity contribution in [2.24, 2.45) is 0 Å². The van der Waals surface area contributed by atoms with Crippen molar-refractivity contribution in [2.75, 3.05) is 31.1 Å². The second kappa shape index (κ2) is 7.46. The Kier molecular flexibility index (Phi) is 4.89. The maximum Gasteiger partial charge on any atom is 0.254 e. The van der Waals surface area contributed by atoms with E-state index in [4.69, 9.17) is 0 Å². The molecule has 2 fully saturated rings. The number of carbonyl (C=O) groups is 1. The summed E-state index contributed by atoms with van der Waals surface area (Å²) >= 11 is 1.44. The molecule has 9 heteroatoms. The van der Waals surface area contributed by atoms with E-state index in [2.05, 4.69) is 9.88 Å². The van der Waals surface area contributed by atoms with Crippen LogP contribution in [0.2, 0.25) is 0 Å². The van der Waals surface area contributed by atoms with Crippen LogP contribution < -0.4 is 4.90 Å². The average Bonchev–Trinajstić information content (AvgIpc) is 3.54. The van der Waals surface area contributed by atoms with Gasteiger partial charge in [-0.15, -0.1) is 0 Å². The first-order valence-corrected chi connectivity index (χ1v) is 12.5. The second-order valence-electron chi connectivity index (χ2n) is 7.90. The summed E-state index contributed by atoms with van der Waals surface area (Å²) in [7, 11) is -3.40. The number of rotatable bonds is 4. The molecule has 2 heterocycles. The minimum absolute atomic E-state index is 0.198. The van der Waals surface area contributed by atoms with Gasteiger partial charge in [0.1, 0.15) is 5.82 Å². The number of halogens is 1. The molecule has 0 atom stereocenters. The molecule has 6 nitrogen and oxygen atoms in total. The summed E-state index contributed by atoms with van der Waals surface area (Å²) < 4.78 is 39.8. The van der Waals surface area contributed by atoms with Crippen LogP contribution in [0.5, 0.6) is 0 Å². The third-order valence-corrected chi connectivity index (χ3v) is 9.21. The molecule has 0 N–H and O–H groups in total. The maximum atomic E-state index is 13.4. The van der Waals surface area contributed by atoms with Crippen molar-refractivity contribution in [3.8, 4) is 0 Å². The van der Waals surface area contributed by atoms with Gasteiger partial charge in [0.05, 0.1) is 25.9 Å². The lowest BCUT2D eigenvalue weighted by molar-refractivity contribution is -0.127. The zero-order valence-electron chi connectivity index (χ0n) is 16.4. The summed E-state index contributed by atoms with van der Waals surface area (Å²) in [5, 5.41) is 0.496. The quantitative estimate of drug-likeness (QED) is 0.720. The summed E-state index contributed by atoms with van der Waals surface area (Å²) in [4.78, 5) is 21.8. The van der Waals surface area contributed by atoms with Crippen LogP contribution in [0.15, 0.2) is 40.8 Å². The molecule has 2 aromatic rings. The highest BCUT2D eigenvalue weighted by Gasteiger charge is 2.41. The van der Waals surface area contributed by atoms with Crippen LogP contribution in [0.25, 0.3) is 10.2 Å². The first kappa shape index (κ1) is 19.7. The summed E-state index contributed by atoms with van der Waals surface area (Å²) in [5.41, 5.74) is 1.11. The van der Waals surface area contributed by atoms with Crippen molar-refractivity contribution in [1.29, 1.82) is 0 Å². The number of sulfone groups is 1. The Morgan fingerprint density at radius 3 is 2.57 bits per heavy atom. The molecule has 30 heavy (non-hydrogen) atoms. The number of hydrogen-bond acceptors (Lipinski definition) is 6. The van der Waals surface area contributed by atoms with E-state index in [1.54, 1.807) is 23.1 Å². The van der Waals surface area contributed by atoms with Gasteiger partial charge in [0.15, 0.2) is 15.0 Å². The molecule has 1 aliphatic heterocycles. The van der Waals surface area contributed by atoms with E-state index in [0.717, 1.165) is 15.3 Å². The van der Waals surface area contributed by atoms with Gasteiger partial charge in [-0.1, -0.05) is 23.5 Å². The Labute approximate surface area is 178 Å². The Hall–Kier alpha value is -2.26. The summed E-state index contributed by atoms with van der Waals surface area (Å²) in [6.45, 7) is 2.21. The predicted molar refractivity (Wildman–Crippen MR) is 116 cm³/mol. The zero-order chi connectivity index (χ0) is 20.9. The second-order valence-corrected chi connectivity index (χ2v) is 11.1. The maximum absolute atomic E-state index is 13.4. The minimum Gasteiger partial charge on any atom is -0.345 e. The van der Waals surface area contributed by atoms with Gasteiger partial charge < -0.3 is 9.80 Å². The van der Waals surface area contributed by atoms with E-state index in [1.807, 2.05) is 0 Å². The molecular weight excluding hydrogens is 425 g/mol. The normalized spacial score (nSPS) is 20.3. The van der Waals surface area contributed by atoms with Crippen molar-refractivity contribution >= 4 is 42.4 Å². The van der Waals surface area contributed by atoms with E-state index >= 15 is 0 Å². The summed E-state index contributed by atoms with van der Waals surface area (Å²) in [6, 6.07) is 4.56. The SMILES string of the molecule is O=C(C1=CCCC=C1S(=O)(=O)C1CC1)N1CCN(c2nc3ccc(F)cc3s2)CC1. The first-order valence-electron chi connectivity index (χ1n) is 10.2. The van der Waals surface area contributed by atoms with Crippen molar-refractivity contribution in [1.82, 2.24) is 9.88 Å². The molecule has 5 rings (SSSR count). The highest BCUT2D eigenvalue weighted by atomic mass is 32.2. The Morgan fingerprint density at radius 2 is 1.83 bits per heavy atom. The minimum atomic E-state index is -3.40. The van der Waals surface area contributed by atoms with Crippen LogP contribution in [0.4, 0.5) is 9.52 Å². The van der Waals surface area contributed by atoms with Gasteiger partial charge in [-0.25, -0.2) is 17.8 Å². The third-order valence-electron chi connectivity index (χ3n) is 5.79. The van der Waals surface area contributed by atoms with Gasteiger partial charge in [-0.3, -0.25) is 4.79 Å². The number of nitrogens with zero attached hydrogens (tertiary/aromatic N) is 3. The average molecular weight is 448 g/mol. The smallest absolute Gasteiger partial charge is 0.254 e. The molecule has 2 aliphatic carbocycles. The van der Waals surface area contributed by atoms with E-state index in [0.29, 0.717) is 57.4 Å². The number of benzene rings is 1. The fourth-order valence-corrected chi connectivity index (χ4v) is 6.95. The van der Waals surface area contributed by atoms with Gasteiger partial charge in [0.25, 0.3) is 5.91 Å². The van der Waals surface area contributed by atoms with Gasteiger partial charge in [0.2, 0.25) is 0 Å². The highest BCUT2D eigenvalue weighted by molar-refractivity contribution is 7.96. The van der Waals surface area contributed by atoms with Crippen LogP contribution in [0, 0.1) is 5.82 Å². The third kappa shape index (κ3) is 3.54. The van der Waals surface area contributed by atoms with Gasteiger partial charge in [0, 0.05) is 26.2 Å². The van der Waals surface area contributed by atoms with E-state index < -0.39 is 9.84 Å². The van der Waals surface area contributed by atoms with Crippen molar-refractivity contribution in [3.05, 3.63) is 46.6 Å². The topological polar surface area (TPSA) is 70.6 Å². The molecule has 0 unspecified atom stereocenters. The predicted octanol–water partition coefficient (Wildman–Crippen LogP) is 3.27. The molecule has 1 aromatic carbocycles. The number of hydrogen-bond donors (Lipinski definition) is 0. The number of thiazole rings is 1. The van der Waals surface area contributed by atoms with E-state index in [1.165, 1.54) is 23.5 Å². The molecule has 1 saturated carbocycles. The lowest BCUT2D eigenvalue weighted by Crippen LogP contribution is -2.49. The van der Waals surface area contributed by atoms with Crippen LogP contribution in [-0.4, -0.2) is 55.6 Å². The molecular formula is C21H22FN3O3S2. The Balaban J connectivity index is 1.29. The zero-order valence-corrected chi connectivity index (χ0v) is 18.0. The number of aromatic nitrogens is 1. The summed E-state index contributed by atoms with van der Waals surface area (Å²) in [6.07, 6.45) is 6.22. The lowest BCUT2D eigenvalue weighted by atomic mass is 10.1. The molecule has 1 amide bonds. The number of piperazine rings is 1. The first-order chi connectivity index (χ1) is 14.4. The number of carbonyl (C=O) groups excluding carboxylic acids is 1. The van der Waals surface area contributed by atoms with Gasteiger partial charge in [-0.2, -0.15) is 0 Å². The molecule has 0 spiro atoms. The van der Waals surface area contributed by atoms with Crippen molar-refractivity contribution in [2.45, 2.75) is 30.9 Å². The molecule has 0 bridgehead atoms. The fraction of sp³-hybridized carbons (Fsp3) is 0.429. The highest BCUT2D eigenvalue weighted by Crippen LogP contribution is 2.38. The molecule has 1 aromatic heterocycles. The molecule has 158 valence electrons. The lowest BCUT2D eigenvalue weighted by Gasteiger charge is -2.35. The number of allylic oxidation sites excluding steroid dienone is 2. The number of fused-ring (bicyclic) bond motifs is 1. The van der Waals surface area contributed by atoms with Crippen LogP contribution in [0.1, 0.15) is 25.7 Å². The van der Waals surface area contributed by atoms with Gasteiger partial charge in [-0.05, 0) is 43.9 Å². The Morgan fingerprint density at radius 1 is 1.10 bits per heavy atom.